The van der Waals surface area contributed by atoms with Gasteiger partial charge in [-0.2, -0.15) is 0 Å². The molecule has 0 radical (unpaired) electrons. The Balaban J connectivity index is 1.63. The average molecular weight is 409 g/mol. The van der Waals surface area contributed by atoms with E-state index in [0.29, 0.717) is 6.54 Å². The summed E-state index contributed by atoms with van der Waals surface area (Å²) in [6, 6.07) is 10.4. The van der Waals surface area contributed by atoms with Crippen molar-refractivity contribution in [1.82, 2.24) is 14.8 Å². The fraction of sp³-hybridized carbons (Fsp3) is 0.235. The number of carbonyl (C=O) groups is 1. The predicted molar refractivity (Wildman–Crippen MR) is 105 cm³/mol. The van der Waals surface area contributed by atoms with E-state index in [2.05, 4.69) is 10.2 Å². The number of thioether (sulfide) groups is 2. The van der Waals surface area contributed by atoms with E-state index < -0.39 is 0 Å². The molecule has 0 aliphatic heterocycles. The Morgan fingerprint density at radius 2 is 1.92 bits per heavy atom. The lowest BCUT2D eigenvalue weighted by Gasteiger charge is -2.08. The van der Waals surface area contributed by atoms with Crippen LogP contribution in [0.4, 0.5) is 4.39 Å². The first kappa shape index (κ1) is 18.9. The van der Waals surface area contributed by atoms with Gasteiger partial charge >= 0.3 is 0 Å². The summed E-state index contributed by atoms with van der Waals surface area (Å²) in [6.45, 7) is 0.461. The molecule has 0 fully saturated rings. The van der Waals surface area contributed by atoms with Crippen molar-refractivity contribution in [3.63, 3.8) is 0 Å². The van der Waals surface area contributed by atoms with Gasteiger partial charge in [0.1, 0.15) is 5.82 Å². The summed E-state index contributed by atoms with van der Waals surface area (Å²) < 4.78 is 14.9. The van der Waals surface area contributed by atoms with Gasteiger partial charge in [0.05, 0.1) is 4.88 Å². The van der Waals surface area contributed by atoms with Gasteiger partial charge in [-0.1, -0.05) is 17.8 Å². The van der Waals surface area contributed by atoms with Crippen LogP contribution in [0.25, 0.3) is 10.7 Å². The first-order chi connectivity index (χ1) is 12.6. The number of nitrogens with two attached hydrogens (primary N) is 1. The second kappa shape index (κ2) is 9.20. The minimum absolute atomic E-state index is 0.229. The summed E-state index contributed by atoms with van der Waals surface area (Å²) in [5.41, 5.74) is 5.30. The Hall–Kier alpha value is -1.84. The molecule has 26 heavy (non-hydrogen) atoms. The maximum absolute atomic E-state index is 12.9. The van der Waals surface area contributed by atoms with Crippen LogP contribution in [0.5, 0.6) is 0 Å². The molecule has 2 aromatic heterocycles. The van der Waals surface area contributed by atoms with Crippen LogP contribution >= 0.6 is 34.9 Å². The Bertz CT molecular complexity index is 850. The van der Waals surface area contributed by atoms with Gasteiger partial charge < -0.3 is 10.3 Å². The number of halogens is 1. The molecule has 2 N–H and O–H groups in total. The highest BCUT2D eigenvalue weighted by Gasteiger charge is 2.15. The zero-order valence-electron chi connectivity index (χ0n) is 13.8. The van der Waals surface area contributed by atoms with Crippen LogP contribution in [0.15, 0.2) is 51.8 Å². The van der Waals surface area contributed by atoms with Gasteiger partial charge in [-0.25, -0.2) is 4.39 Å². The highest BCUT2D eigenvalue weighted by molar-refractivity contribution is 8.02. The van der Waals surface area contributed by atoms with E-state index >= 15 is 0 Å². The van der Waals surface area contributed by atoms with Crippen molar-refractivity contribution in [3.8, 4) is 10.7 Å². The molecular formula is C17H17FN4OS3. The monoisotopic (exact) mass is 408 g/mol. The first-order valence-electron chi connectivity index (χ1n) is 7.90. The van der Waals surface area contributed by atoms with Crippen LogP contribution in [0.1, 0.15) is 6.42 Å². The zero-order valence-corrected chi connectivity index (χ0v) is 16.2. The molecule has 9 heteroatoms. The molecule has 3 rings (SSSR count). The van der Waals surface area contributed by atoms with Gasteiger partial charge in [-0.05, 0) is 35.7 Å². The van der Waals surface area contributed by atoms with E-state index in [4.69, 9.17) is 5.73 Å². The molecule has 0 saturated carbocycles. The minimum atomic E-state index is -0.348. The number of thiophene rings is 1. The maximum Gasteiger partial charge on any atom is 0.219 e. The number of hydrogen-bond acceptors (Lipinski definition) is 6. The molecule has 0 bridgehead atoms. The van der Waals surface area contributed by atoms with E-state index in [9.17, 15) is 9.18 Å². The Morgan fingerprint density at radius 1 is 1.15 bits per heavy atom. The zero-order chi connectivity index (χ0) is 18.4. The van der Waals surface area contributed by atoms with Crippen molar-refractivity contribution >= 4 is 40.8 Å². The molecule has 0 saturated heterocycles. The van der Waals surface area contributed by atoms with Crippen LogP contribution in [-0.2, 0) is 11.3 Å². The maximum atomic E-state index is 12.9. The molecule has 136 valence electrons. The van der Waals surface area contributed by atoms with E-state index in [0.717, 1.165) is 32.3 Å². The van der Waals surface area contributed by atoms with E-state index in [-0.39, 0.29) is 18.1 Å². The van der Waals surface area contributed by atoms with Crippen molar-refractivity contribution in [2.24, 2.45) is 5.73 Å². The number of primary amides is 1. The number of carbonyl (C=O) groups excluding carboxylic acids is 1. The van der Waals surface area contributed by atoms with Crippen molar-refractivity contribution in [1.29, 1.82) is 0 Å². The van der Waals surface area contributed by atoms with Gasteiger partial charge in [0, 0.05) is 29.4 Å². The highest BCUT2D eigenvalue weighted by Crippen LogP contribution is 2.28. The van der Waals surface area contributed by atoms with Crippen LogP contribution in [-0.4, -0.2) is 32.2 Å². The summed E-state index contributed by atoms with van der Waals surface area (Å²) in [6.07, 6.45) is 0.244. The fourth-order valence-electron chi connectivity index (χ4n) is 2.23. The van der Waals surface area contributed by atoms with Gasteiger partial charge in [0.2, 0.25) is 5.91 Å². The molecule has 0 unspecified atom stereocenters. The fourth-order valence-corrected chi connectivity index (χ4v) is 4.79. The quantitative estimate of drug-likeness (QED) is 0.429. The van der Waals surface area contributed by atoms with Crippen LogP contribution in [0.3, 0.4) is 0 Å². The number of aromatic nitrogens is 3. The van der Waals surface area contributed by atoms with Crippen LogP contribution in [0.2, 0.25) is 0 Å². The highest BCUT2D eigenvalue weighted by atomic mass is 32.2. The van der Waals surface area contributed by atoms with Gasteiger partial charge in [-0.15, -0.1) is 33.3 Å². The van der Waals surface area contributed by atoms with E-state index in [1.54, 1.807) is 47.0 Å². The molecule has 5 nitrogen and oxygen atoms in total. The molecule has 0 aliphatic rings. The molecule has 0 atom stereocenters. The molecule has 1 aromatic carbocycles. The number of amides is 1. The normalized spacial score (nSPS) is 11.0. The van der Waals surface area contributed by atoms with Crippen molar-refractivity contribution in [2.45, 2.75) is 23.0 Å². The summed E-state index contributed by atoms with van der Waals surface area (Å²) in [4.78, 5) is 13.2. The molecule has 0 aliphatic carbocycles. The third-order valence-electron chi connectivity index (χ3n) is 3.44. The standard InChI is InChI=1S/C17H17FN4OS3/c18-12-3-5-13(6-4-12)24-10-11-26-17-21-20-16(14-2-1-9-25-14)22(17)8-7-15(19)23/h1-6,9H,7-8,10-11H2,(H2,19,23). The van der Waals surface area contributed by atoms with Crippen LogP contribution < -0.4 is 5.73 Å². The average Bonchev–Trinajstić information content (AvgIpc) is 3.28. The second-order valence-electron chi connectivity index (χ2n) is 5.30. The third kappa shape index (κ3) is 5.09. The van der Waals surface area contributed by atoms with Gasteiger partial charge in [-0.3, -0.25) is 4.79 Å². The first-order valence-corrected chi connectivity index (χ1v) is 10.7. The molecule has 0 spiro atoms. The largest absolute Gasteiger partial charge is 0.370 e. The van der Waals surface area contributed by atoms with Gasteiger partial charge in [0.15, 0.2) is 11.0 Å². The Kier molecular flexibility index (Phi) is 6.70. The lowest BCUT2D eigenvalue weighted by Crippen LogP contribution is -2.15. The lowest BCUT2D eigenvalue weighted by molar-refractivity contribution is -0.118. The Labute approximate surface area is 163 Å². The molecule has 3 aromatic rings. The summed E-state index contributed by atoms with van der Waals surface area (Å²) in [5, 5.41) is 11.3. The third-order valence-corrected chi connectivity index (χ3v) is 6.54. The second-order valence-corrected chi connectivity index (χ2v) is 8.48. The minimum Gasteiger partial charge on any atom is -0.370 e. The lowest BCUT2D eigenvalue weighted by atomic mass is 10.4. The van der Waals surface area contributed by atoms with E-state index in [1.807, 2.05) is 22.1 Å². The van der Waals surface area contributed by atoms with Gasteiger partial charge in [0.25, 0.3) is 0 Å². The summed E-state index contributed by atoms with van der Waals surface area (Å²) in [5.74, 6) is 1.86. The van der Waals surface area contributed by atoms with Crippen molar-refractivity contribution in [2.75, 3.05) is 11.5 Å². The SMILES string of the molecule is NC(=O)CCn1c(SCCSc2ccc(F)cc2)nnc1-c1cccs1. The number of benzene rings is 1. The number of rotatable bonds is 9. The van der Waals surface area contributed by atoms with Crippen molar-refractivity contribution < 1.29 is 9.18 Å². The summed E-state index contributed by atoms with van der Waals surface area (Å²) in [7, 11) is 0. The predicted octanol–water partition coefficient (Wildman–Crippen LogP) is 3.91. The smallest absolute Gasteiger partial charge is 0.219 e. The molecular weight excluding hydrogens is 391 g/mol. The molecule has 2 heterocycles. The van der Waals surface area contributed by atoms with E-state index in [1.165, 1.54) is 12.1 Å². The Morgan fingerprint density at radius 3 is 2.62 bits per heavy atom. The number of hydrogen-bond donors (Lipinski definition) is 1. The molecule has 1 amide bonds. The number of nitrogens with zero attached hydrogens (tertiary/aromatic N) is 3. The topological polar surface area (TPSA) is 73.8 Å². The summed E-state index contributed by atoms with van der Waals surface area (Å²) >= 11 is 4.83. The van der Waals surface area contributed by atoms with Crippen molar-refractivity contribution in [3.05, 3.63) is 47.6 Å². The van der Waals surface area contributed by atoms with Crippen LogP contribution in [0, 0.1) is 5.82 Å².